The lowest BCUT2D eigenvalue weighted by atomic mass is 9.89. The van der Waals surface area contributed by atoms with Crippen molar-refractivity contribution in [3.05, 3.63) is 75.5 Å². The largest absolute Gasteiger partial charge is 0.480 e. The van der Waals surface area contributed by atoms with E-state index in [9.17, 15) is 10.4 Å². The Kier molecular flexibility index (Phi) is 3.36. The summed E-state index contributed by atoms with van der Waals surface area (Å²) in [5.41, 5.74) is 2.63. The third-order valence-electron chi connectivity index (χ3n) is 4.01. The molecule has 3 heterocycles. The highest BCUT2D eigenvalue weighted by Gasteiger charge is 2.37. The van der Waals surface area contributed by atoms with Gasteiger partial charge in [-0.05, 0) is 30.5 Å². The van der Waals surface area contributed by atoms with Crippen molar-refractivity contribution in [2.75, 3.05) is 0 Å². The summed E-state index contributed by atoms with van der Waals surface area (Å²) in [6.45, 7) is 1.89. The molecule has 0 fully saturated rings. The number of ether oxygens (including phenoxy) is 1. The van der Waals surface area contributed by atoms with Gasteiger partial charge >= 0.3 is 0 Å². The van der Waals surface area contributed by atoms with E-state index in [1.807, 2.05) is 54.8 Å². The molecule has 1 atom stereocenters. The highest BCUT2D eigenvalue weighted by atomic mass is 32.1. The maximum atomic E-state index is 10.3. The van der Waals surface area contributed by atoms with Crippen LogP contribution >= 0.6 is 11.3 Å². The van der Waals surface area contributed by atoms with E-state index >= 15 is 0 Å². The standard InChI is InChI=1S/C18H13N3O2S/c1-11-15-16(14-8-5-9-24-14)13(10-19)18(22)23-17(15)21(20-11)12-6-3-2-4-7-12/h2-9,16,22H,1H3/t16-/m1/s1. The van der Waals surface area contributed by atoms with Crippen LogP contribution in [0.5, 0.6) is 5.88 Å². The van der Waals surface area contributed by atoms with Crippen LogP contribution < -0.4 is 4.74 Å². The van der Waals surface area contributed by atoms with Gasteiger partial charge < -0.3 is 9.84 Å². The summed E-state index contributed by atoms with van der Waals surface area (Å²) >= 11 is 1.54. The minimum absolute atomic E-state index is 0.209. The van der Waals surface area contributed by atoms with Crippen LogP contribution in [0.4, 0.5) is 0 Å². The third kappa shape index (κ3) is 2.10. The molecule has 0 unspecified atom stereocenters. The molecule has 1 aliphatic heterocycles. The van der Waals surface area contributed by atoms with Gasteiger partial charge in [0.05, 0.1) is 22.9 Å². The number of allylic oxidation sites excluding steroid dienone is 1. The second kappa shape index (κ2) is 5.55. The maximum Gasteiger partial charge on any atom is 0.298 e. The smallest absolute Gasteiger partial charge is 0.298 e. The van der Waals surface area contributed by atoms with E-state index in [1.165, 1.54) is 11.3 Å². The number of para-hydroxylation sites is 1. The van der Waals surface area contributed by atoms with Crippen LogP contribution in [0.2, 0.25) is 0 Å². The van der Waals surface area contributed by atoms with Crippen molar-refractivity contribution < 1.29 is 9.84 Å². The summed E-state index contributed by atoms with van der Waals surface area (Å²) in [4.78, 5) is 0.971. The van der Waals surface area contributed by atoms with Gasteiger partial charge in [-0.15, -0.1) is 11.3 Å². The quantitative estimate of drug-likeness (QED) is 0.766. The Morgan fingerprint density at radius 3 is 2.71 bits per heavy atom. The molecule has 0 radical (unpaired) electrons. The summed E-state index contributed by atoms with van der Waals surface area (Å²) in [5, 5.41) is 26.3. The SMILES string of the molecule is Cc1nn(-c2ccccc2)c2c1[C@@H](c1cccs1)C(C#N)=C(O)O2. The molecular weight excluding hydrogens is 322 g/mol. The van der Waals surface area contributed by atoms with E-state index in [-0.39, 0.29) is 17.4 Å². The lowest BCUT2D eigenvalue weighted by Gasteiger charge is -2.22. The van der Waals surface area contributed by atoms with E-state index < -0.39 is 0 Å². The molecule has 4 rings (SSSR count). The number of hydrogen-bond acceptors (Lipinski definition) is 5. The number of fused-ring (bicyclic) bond motifs is 1. The first kappa shape index (κ1) is 14.5. The van der Waals surface area contributed by atoms with Crippen LogP contribution in [0.3, 0.4) is 0 Å². The Balaban J connectivity index is 1.97. The van der Waals surface area contributed by atoms with E-state index in [0.29, 0.717) is 5.88 Å². The Morgan fingerprint density at radius 2 is 2.04 bits per heavy atom. The molecule has 0 aliphatic carbocycles. The molecule has 5 nitrogen and oxygen atoms in total. The van der Waals surface area contributed by atoms with Crippen LogP contribution in [0.15, 0.2) is 59.4 Å². The normalized spacial score (nSPS) is 16.4. The number of hydrogen-bond donors (Lipinski definition) is 1. The van der Waals surface area contributed by atoms with Gasteiger partial charge in [0.15, 0.2) is 0 Å². The highest BCUT2D eigenvalue weighted by Crippen LogP contribution is 2.46. The number of benzene rings is 1. The van der Waals surface area contributed by atoms with Gasteiger partial charge in [0.1, 0.15) is 11.6 Å². The fourth-order valence-electron chi connectivity index (χ4n) is 2.96. The average Bonchev–Trinajstić information content (AvgIpc) is 3.23. The van der Waals surface area contributed by atoms with Crippen LogP contribution in [-0.2, 0) is 0 Å². The first-order valence-corrected chi connectivity index (χ1v) is 8.28. The molecule has 0 bridgehead atoms. The zero-order chi connectivity index (χ0) is 16.7. The molecule has 118 valence electrons. The van der Waals surface area contributed by atoms with Gasteiger partial charge in [-0.1, -0.05) is 24.3 Å². The van der Waals surface area contributed by atoms with Crippen molar-refractivity contribution in [2.24, 2.45) is 0 Å². The molecule has 1 N–H and O–H groups in total. The van der Waals surface area contributed by atoms with Crippen LogP contribution in [0, 0.1) is 18.3 Å². The molecule has 3 aromatic rings. The topological polar surface area (TPSA) is 71.1 Å². The van der Waals surface area contributed by atoms with Gasteiger partial charge in [-0.3, -0.25) is 0 Å². The number of aliphatic hydroxyl groups is 1. The average molecular weight is 335 g/mol. The predicted molar refractivity (Wildman–Crippen MR) is 90.4 cm³/mol. The lowest BCUT2D eigenvalue weighted by Crippen LogP contribution is -2.16. The van der Waals surface area contributed by atoms with Gasteiger partial charge in [0.2, 0.25) is 5.88 Å². The van der Waals surface area contributed by atoms with Gasteiger partial charge in [-0.25, -0.2) is 4.68 Å². The van der Waals surface area contributed by atoms with Gasteiger partial charge in [-0.2, -0.15) is 10.4 Å². The lowest BCUT2D eigenvalue weighted by molar-refractivity contribution is 0.185. The van der Waals surface area contributed by atoms with Crippen molar-refractivity contribution in [2.45, 2.75) is 12.8 Å². The molecule has 6 heteroatoms. The number of rotatable bonds is 2. The van der Waals surface area contributed by atoms with Gasteiger partial charge in [0.25, 0.3) is 5.95 Å². The monoisotopic (exact) mass is 335 g/mol. The maximum absolute atomic E-state index is 10.3. The molecule has 1 aromatic carbocycles. The molecular formula is C18H13N3O2S. The second-order valence-electron chi connectivity index (χ2n) is 5.43. The molecule has 1 aliphatic rings. The van der Waals surface area contributed by atoms with E-state index in [1.54, 1.807) is 4.68 Å². The number of aliphatic hydroxyl groups excluding tert-OH is 1. The molecule has 2 aromatic heterocycles. The van der Waals surface area contributed by atoms with Gasteiger partial charge in [0, 0.05) is 4.88 Å². The van der Waals surface area contributed by atoms with E-state index in [2.05, 4.69) is 11.2 Å². The summed E-state index contributed by atoms with van der Waals surface area (Å²) in [7, 11) is 0. The summed E-state index contributed by atoms with van der Waals surface area (Å²) < 4.78 is 7.25. The minimum atomic E-state index is -0.365. The number of nitriles is 1. The van der Waals surface area contributed by atoms with Crippen LogP contribution in [0.1, 0.15) is 22.1 Å². The highest BCUT2D eigenvalue weighted by molar-refractivity contribution is 7.10. The fourth-order valence-corrected chi connectivity index (χ4v) is 3.80. The Hall–Kier alpha value is -3.04. The number of aromatic nitrogens is 2. The summed E-state index contributed by atoms with van der Waals surface area (Å²) in [6, 6.07) is 15.5. The Labute approximate surface area is 142 Å². The fraction of sp³-hybridized carbons (Fsp3) is 0.111. The first-order chi connectivity index (χ1) is 11.7. The molecule has 0 saturated heterocycles. The zero-order valence-corrected chi connectivity index (χ0v) is 13.6. The third-order valence-corrected chi connectivity index (χ3v) is 4.95. The Morgan fingerprint density at radius 1 is 1.25 bits per heavy atom. The van der Waals surface area contributed by atoms with Crippen molar-refractivity contribution in [1.82, 2.24) is 9.78 Å². The summed E-state index contributed by atoms with van der Waals surface area (Å²) in [5.74, 6) is -0.273. The predicted octanol–water partition coefficient (Wildman–Crippen LogP) is 4.06. The first-order valence-electron chi connectivity index (χ1n) is 7.40. The zero-order valence-electron chi connectivity index (χ0n) is 12.8. The molecule has 0 saturated carbocycles. The van der Waals surface area contributed by atoms with Crippen LogP contribution in [-0.4, -0.2) is 14.9 Å². The van der Waals surface area contributed by atoms with Crippen LogP contribution in [0.25, 0.3) is 5.69 Å². The summed E-state index contributed by atoms with van der Waals surface area (Å²) in [6.07, 6.45) is 0. The molecule has 24 heavy (non-hydrogen) atoms. The molecule has 0 amide bonds. The number of thiophene rings is 1. The van der Waals surface area contributed by atoms with Crippen molar-refractivity contribution in [1.29, 1.82) is 5.26 Å². The number of nitrogens with zero attached hydrogens (tertiary/aromatic N) is 3. The van der Waals surface area contributed by atoms with E-state index in [4.69, 9.17) is 4.74 Å². The molecule has 0 spiro atoms. The van der Waals surface area contributed by atoms with Crippen molar-refractivity contribution >= 4 is 11.3 Å². The second-order valence-corrected chi connectivity index (χ2v) is 6.41. The van der Waals surface area contributed by atoms with E-state index in [0.717, 1.165) is 21.8 Å². The van der Waals surface area contributed by atoms with Crippen molar-refractivity contribution in [3.8, 4) is 17.6 Å². The minimum Gasteiger partial charge on any atom is -0.480 e. The Bertz CT molecular complexity index is 966. The number of aryl methyl sites for hydroxylation is 1. The van der Waals surface area contributed by atoms with Crippen molar-refractivity contribution in [3.63, 3.8) is 0 Å².